The van der Waals surface area contributed by atoms with E-state index < -0.39 is 0 Å². The Balaban J connectivity index is 4.91. The molecule has 2 atom stereocenters. The highest BCUT2D eigenvalue weighted by atomic mass is 15.1. The molecule has 0 amide bonds. The second-order valence-electron chi connectivity index (χ2n) is 7.76. The average Bonchev–Trinajstić information content (AvgIpc) is 2.15. The van der Waals surface area contributed by atoms with Gasteiger partial charge in [-0.15, -0.1) is 0 Å². The molecule has 0 aliphatic heterocycles. The fourth-order valence-corrected chi connectivity index (χ4v) is 3.41. The minimum Gasteiger partial charge on any atom is -0.304 e. The molecule has 0 saturated heterocycles. The highest BCUT2D eigenvalue weighted by Crippen LogP contribution is 2.43. The summed E-state index contributed by atoms with van der Waals surface area (Å²) in [4.78, 5) is 2.48. The molecule has 1 heteroatoms. The van der Waals surface area contributed by atoms with E-state index in [1.807, 2.05) is 0 Å². The Morgan fingerprint density at radius 2 is 1.33 bits per heavy atom. The SMILES string of the molecule is CC(C)C(C(C)CN(C)C(C)C)C(C)(C)C(C)C. The summed E-state index contributed by atoms with van der Waals surface area (Å²) in [5.41, 5.74) is 0.408. The molecule has 0 aliphatic rings. The number of rotatable bonds is 7. The normalized spacial score (nSPS) is 17.0. The fraction of sp³-hybridized carbons (Fsp3) is 1.00. The van der Waals surface area contributed by atoms with E-state index >= 15 is 0 Å². The lowest BCUT2D eigenvalue weighted by molar-refractivity contribution is 0.0356. The van der Waals surface area contributed by atoms with Crippen LogP contribution in [0.5, 0.6) is 0 Å². The van der Waals surface area contributed by atoms with Crippen LogP contribution in [0.15, 0.2) is 0 Å². The van der Waals surface area contributed by atoms with Crippen molar-refractivity contribution in [1.29, 1.82) is 0 Å². The molecule has 0 aromatic carbocycles. The molecule has 0 bridgehead atoms. The Bertz CT molecular complexity index is 228. The van der Waals surface area contributed by atoms with E-state index in [4.69, 9.17) is 0 Å². The molecule has 0 saturated carbocycles. The number of nitrogens with zero attached hydrogens (tertiary/aromatic N) is 1. The molecule has 0 rings (SSSR count). The van der Waals surface area contributed by atoms with Gasteiger partial charge in [-0.1, -0.05) is 48.5 Å². The average molecular weight is 255 g/mol. The van der Waals surface area contributed by atoms with Crippen molar-refractivity contribution < 1.29 is 0 Å². The zero-order valence-electron chi connectivity index (χ0n) is 14.5. The molecule has 0 aliphatic carbocycles. The molecular weight excluding hydrogens is 218 g/mol. The lowest BCUT2D eigenvalue weighted by Gasteiger charge is -2.45. The maximum absolute atomic E-state index is 2.48. The van der Waals surface area contributed by atoms with Crippen molar-refractivity contribution in [3.05, 3.63) is 0 Å². The Morgan fingerprint density at radius 1 is 0.889 bits per heavy atom. The zero-order valence-corrected chi connectivity index (χ0v) is 14.5. The van der Waals surface area contributed by atoms with Gasteiger partial charge in [-0.3, -0.25) is 0 Å². The van der Waals surface area contributed by atoms with Crippen molar-refractivity contribution in [2.75, 3.05) is 13.6 Å². The van der Waals surface area contributed by atoms with Gasteiger partial charge in [0.25, 0.3) is 0 Å². The molecule has 0 heterocycles. The summed E-state index contributed by atoms with van der Waals surface area (Å²) < 4.78 is 0. The monoisotopic (exact) mass is 255 g/mol. The van der Waals surface area contributed by atoms with Gasteiger partial charge in [0.05, 0.1) is 0 Å². The van der Waals surface area contributed by atoms with E-state index in [1.165, 1.54) is 6.54 Å². The van der Waals surface area contributed by atoms with Crippen molar-refractivity contribution in [3.63, 3.8) is 0 Å². The molecule has 110 valence electrons. The van der Waals surface area contributed by atoms with Gasteiger partial charge in [0, 0.05) is 12.6 Å². The van der Waals surface area contributed by atoms with Crippen LogP contribution in [0.2, 0.25) is 0 Å². The van der Waals surface area contributed by atoms with Crippen molar-refractivity contribution in [1.82, 2.24) is 4.90 Å². The summed E-state index contributed by atoms with van der Waals surface area (Å²) in [5, 5.41) is 0. The molecule has 18 heavy (non-hydrogen) atoms. The van der Waals surface area contributed by atoms with Crippen LogP contribution in [0.25, 0.3) is 0 Å². The van der Waals surface area contributed by atoms with Crippen LogP contribution in [0, 0.1) is 29.1 Å². The first-order chi connectivity index (χ1) is 8.01. The third kappa shape index (κ3) is 4.57. The highest BCUT2D eigenvalue weighted by Gasteiger charge is 2.38. The first-order valence-electron chi connectivity index (χ1n) is 7.72. The van der Waals surface area contributed by atoms with E-state index in [-0.39, 0.29) is 0 Å². The standard InChI is InChI=1S/C17H37N/c1-12(2)16(17(8,9)13(3)4)15(7)11-18(10)14(5)6/h12-16H,11H2,1-10H3. The molecule has 0 spiro atoms. The van der Waals surface area contributed by atoms with Gasteiger partial charge >= 0.3 is 0 Å². The van der Waals surface area contributed by atoms with Gasteiger partial charge in [-0.2, -0.15) is 0 Å². The second-order valence-corrected chi connectivity index (χ2v) is 7.76. The number of hydrogen-bond donors (Lipinski definition) is 0. The molecule has 0 aromatic heterocycles. The smallest absolute Gasteiger partial charge is 0.00356 e. The Morgan fingerprint density at radius 3 is 1.61 bits per heavy atom. The Hall–Kier alpha value is -0.0400. The van der Waals surface area contributed by atoms with Gasteiger partial charge < -0.3 is 4.90 Å². The Kier molecular flexibility index (Phi) is 6.92. The quantitative estimate of drug-likeness (QED) is 0.624. The topological polar surface area (TPSA) is 3.24 Å². The number of hydrogen-bond acceptors (Lipinski definition) is 1. The second kappa shape index (κ2) is 6.93. The van der Waals surface area contributed by atoms with Gasteiger partial charge in [-0.25, -0.2) is 0 Å². The molecule has 1 nitrogen and oxygen atoms in total. The summed E-state index contributed by atoms with van der Waals surface area (Å²) in [6.07, 6.45) is 0. The van der Waals surface area contributed by atoms with Crippen LogP contribution in [-0.4, -0.2) is 24.5 Å². The minimum absolute atomic E-state index is 0.408. The van der Waals surface area contributed by atoms with Crippen LogP contribution in [0.3, 0.4) is 0 Å². The molecule has 0 fully saturated rings. The summed E-state index contributed by atoms with van der Waals surface area (Å²) in [6, 6.07) is 0.641. The van der Waals surface area contributed by atoms with Crippen molar-refractivity contribution >= 4 is 0 Å². The summed E-state index contributed by atoms with van der Waals surface area (Å²) >= 11 is 0. The fourth-order valence-electron chi connectivity index (χ4n) is 3.41. The van der Waals surface area contributed by atoms with Crippen LogP contribution >= 0.6 is 0 Å². The van der Waals surface area contributed by atoms with Crippen molar-refractivity contribution in [2.45, 2.75) is 68.4 Å². The molecule has 2 unspecified atom stereocenters. The summed E-state index contributed by atoms with van der Waals surface area (Å²) in [7, 11) is 2.25. The van der Waals surface area contributed by atoms with E-state index in [2.05, 4.69) is 74.3 Å². The molecular formula is C17H37N. The van der Waals surface area contributed by atoms with Gasteiger partial charge in [0.2, 0.25) is 0 Å². The summed E-state index contributed by atoms with van der Waals surface area (Å²) in [5.74, 6) is 3.00. The minimum atomic E-state index is 0.408. The van der Waals surface area contributed by atoms with E-state index in [1.54, 1.807) is 0 Å². The van der Waals surface area contributed by atoms with Crippen LogP contribution < -0.4 is 0 Å². The van der Waals surface area contributed by atoms with E-state index in [0.717, 1.165) is 23.7 Å². The molecule has 0 radical (unpaired) electrons. The first kappa shape index (κ1) is 18.0. The Labute approximate surface area is 116 Å². The van der Waals surface area contributed by atoms with Crippen molar-refractivity contribution in [3.8, 4) is 0 Å². The lowest BCUT2D eigenvalue weighted by atomic mass is 9.62. The third-order valence-electron chi connectivity index (χ3n) is 5.14. The van der Waals surface area contributed by atoms with Crippen LogP contribution in [0.4, 0.5) is 0 Å². The van der Waals surface area contributed by atoms with Crippen LogP contribution in [0.1, 0.15) is 62.3 Å². The van der Waals surface area contributed by atoms with Gasteiger partial charge in [0.15, 0.2) is 0 Å². The maximum atomic E-state index is 2.48. The van der Waals surface area contributed by atoms with Crippen molar-refractivity contribution in [2.24, 2.45) is 29.1 Å². The van der Waals surface area contributed by atoms with Crippen LogP contribution in [-0.2, 0) is 0 Å². The third-order valence-corrected chi connectivity index (χ3v) is 5.14. The predicted octanol–water partition coefficient (Wildman–Crippen LogP) is 4.92. The van der Waals surface area contributed by atoms with E-state index in [9.17, 15) is 0 Å². The zero-order chi connectivity index (χ0) is 14.7. The first-order valence-corrected chi connectivity index (χ1v) is 7.72. The molecule has 0 aromatic rings. The molecule has 0 N–H and O–H groups in total. The lowest BCUT2D eigenvalue weighted by Crippen LogP contribution is -2.42. The maximum Gasteiger partial charge on any atom is 0.00356 e. The highest BCUT2D eigenvalue weighted by molar-refractivity contribution is 4.87. The summed E-state index contributed by atoms with van der Waals surface area (Å²) in [6.45, 7) is 22.6. The van der Waals surface area contributed by atoms with E-state index in [0.29, 0.717) is 11.5 Å². The largest absolute Gasteiger partial charge is 0.304 e. The van der Waals surface area contributed by atoms with Gasteiger partial charge in [0.1, 0.15) is 0 Å². The van der Waals surface area contributed by atoms with Gasteiger partial charge in [-0.05, 0) is 50.0 Å². The predicted molar refractivity (Wildman–Crippen MR) is 83.9 cm³/mol.